The first kappa shape index (κ1) is 11.9. The number of nitrogen functional groups attached to an aromatic ring is 1. The van der Waals surface area contributed by atoms with Gasteiger partial charge in [-0.15, -0.1) is 0 Å². The molecular weight excluding hydrogens is 220 g/mol. The van der Waals surface area contributed by atoms with Crippen LogP contribution in [0, 0.1) is 0 Å². The molecule has 6 nitrogen and oxygen atoms in total. The van der Waals surface area contributed by atoms with Gasteiger partial charge in [0.25, 0.3) is 0 Å². The van der Waals surface area contributed by atoms with Crippen LogP contribution >= 0.6 is 0 Å². The second-order valence-corrected chi connectivity index (χ2v) is 4.15. The van der Waals surface area contributed by atoms with E-state index in [9.17, 15) is 5.11 Å². The number of hydrogen-bond acceptors (Lipinski definition) is 6. The summed E-state index contributed by atoms with van der Waals surface area (Å²) in [4.78, 5) is 6.42. The second-order valence-electron chi connectivity index (χ2n) is 4.15. The van der Waals surface area contributed by atoms with Crippen molar-refractivity contribution in [2.75, 3.05) is 42.2 Å². The maximum absolute atomic E-state index is 9.48. The van der Waals surface area contributed by atoms with Gasteiger partial charge >= 0.3 is 0 Å². The second kappa shape index (κ2) is 5.20. The quantitative estimate of drug-likeness (QED) is 0.572. The third-order valence-electron chi connectivity index (χ3n) is 2.80. The van der Waals surface area contributed by atoms with Crippen molar-refractivity contribution in [1.82, 2.24) is 4.98 Å². The first-order valence-corrected chi connectivity index (χ1v) is 5.75. The van der Waals surface area contributed by atoms with E-state index in [1.807, 2.05) is 11.0 Å². The number of rotatable bonds is 4. The zero-order valence-corrected chi connectivity index (χ0v) is 9.63. The summed E-state index contributed by atoms with van der Waals surface area (Å²) in [6.07, 6.45) is 0.494. The van der Waals surface area contributed by atoms with Crippen LogP contribution in [0.4, 0.5) is 17.3 Å². The van der Waals surface area contributed by atoms with E-state index < -0.39 is 0 Å². The van der Waals surface area contributed by atoms with Crippen molar-refractivity contribution in [3.05, 3.63) is 12.1 Å². The molecule has 1 fully saturated rings. The Morgan fingerprint density at radius 1 is 1.53 bits per heavy atom. The Balaban J connectivity index is 2.12. The first-order chi connectivity index (χ1) is 8.20. The predicted octanol–water partition coefficient (Wildman–Crippen LogP) is -0.361. The molecule has 1 aromatic rings. The van der Waals surface area contributed by atoms with Gasteiger partial charge in [-0.2, -0.15) is 0 Å². The fraction of sp³-hybridized carbons (Fsp3) is 0.545. The molecule has 1 aliphatic heterocycles. The Morgan fingerprint density at radius 2 is 2.35 bits per heavy atom. The van der Waals surface area contributed by atoms with Gasteiger partial charge in [-0.05, 0) is 18.6 Å². The maximum Gasteiger partial charge on any atom is 0.151 e. The van der Waals surface area contributed by atoms with E-state index >= 15 is 0 Å². The first-order valence-electron chi connectivity index (χ1n) is 5.75. The monoisotopic (exact) mass is 238 g/mol. The van der Waals surface area contributed by atoms with Gasteiger partial charge in [-0.1, -0.05) is 0 Å². The maximum atomic E-state index is 9.48. The van der Waals surface area contributed by atoms with Crippen molar-refractivity contribution in [3.63, 3.8) is 0 Å². The molecule has 2 heterocycles. The number of pyridine rings is 1. The van der Waals surface area contributed by atoms with Gasteiger partial charge in [-0.3, -0.25) is 0 Å². The van der Waals surface area contributed by atoms with Gasteiger partial charge in [-0.25, -0.2) is 4.98 Å². The van der Waals surface area contributed by atoms with Crippen molar-refractivity contribution >= 4 is 17.3 Å². The topological polar surface area (TPSA) is 94.6 Å². The van der Waals surface area contributed by atoms with Crippen LogP contribution in [-0.4, -0.2) is 47.5 Å². The average molecular weight is 238 g/mol. The minimum absolute atomic E-state index is 0.0355. The number of hydrogen-bond donors (Lipinski definition) is 4. The molecule has 94 valence electrons. The summed E-state index contributed by atoms with van der Waals surface area (Å²) in [6, 6.07) is 3.63. The standard InChI is InChI=1S/C11H18N4O2/c12-9-1-2-10(14-11(9)13-4-6-16)15-5-3-8(17)7-15/h1-2,8,16-17H,3-7,12H2,(H,13,14). The minimum Gasteiger partial charge on any atom is -0.396 e. The van der Waals surface area contributed by atoms with Crippen molar-refractivity contribution in [2.24, 2.45) is 0 Å². The van der Waals surface area contributed by atoms with Crippen LogP contribution in [0.5, 0.6) is 0 Å². The molecule has 0 saturated carbocycles. The Morgan fingerprint density at radius 3 is 3.00 bits per heavy atom. The lowest BCUT2D eigenvalue weighted by atomic mass is 10.3. The molecule has 1 saturated heterocycles. The van der Waals surface area contributed by atoms with Crippen LogP contribution in [-0.2, 0) is 0 Å². The van der Waals surface area contributed by atoms with E-state index in [1.54, 1.807) is 6.07 Å². The van der Waals surface area contributed by atoms with E-state index in [0.717, 1.165) is 18.8 Å². The zero-order valence-electron chi connectivity index (χ0n) is 9.63. The van der Waals surface area contributed by atoms with Gasteiger partial charge in [0.15, 0.2) is 5.82 Å². The van der Waals surface area contributed by atoms with Crippen LogP contribution < -0.4 is 16.0 Å². The summed E-state index contributed by atoms with van der Waals surface area (Å²) in [6.45, 7) is 1.87. The highest BCUT2D eigenvalue weighted by atomic mass is 16.3. The highest BCUT2D eigenvalue weighted by Gasteiger charge is 2.21. The fourth-order valence-electron chi connectivity index (χ4n) is 1.90. The molecule has 1 aromatic heterocycles. The van der Waals surface area contributed by atoms with Crippen molar-refractivity contribution < 1.29 is 10.2 Å². The third-order valence-corrected chi connectivity index (χ3v) is 2.80. The van der Waals surface area contributed by atoms with E-state index in [4.69, 9.17) is 10.8 Å². The largest absolute Gasteiger partial charge is 0.396 e. The van der Waals surface area contributed by atoms with Crippen LogP contribution in [0.2, 0.25) is 0 Å². The summed E-state index contributed by atoms with van der Waals surface area (Å²) in [5.74, 6) is 1.38. The van der Waals surface area contributed by atoms with Crippen LogP contribution in [0.1, 0.15) is 6.42 Å². The van der Waals surface area contributed by atoms with Crippen molar-refractivity contribution in [3.8, 4) is 0 Å². The van der Waals surface area contributed by atoms with Gasteiger partial charge in [0, 0.05) is 19.6 Å². The number of nitrogens with zero attached hydrogens (tertiary/aromatic N) is 2. The van der Waals surface area contributed by atoms with Gasteiger partial charge in [0.1, 0.15) is 5.82 Å². The SMILES string of the molecule is Nc1ccc(N2CCC(O)C2)nc1NCCO. The van der Waals surface area contributed by atoms with Crippen LogP contribution in [0.15, 0.2) is 12.1 Å². The van der Waals surface area contributed by atoms with E-state index in [2.05, 4.69) is 10.3 Å². The molecule has 0 bridgehead atoms. The number of aromatic nitrogens is 1. The van der Waals surface area contributed by atoms with E-state index in [-0.39, 0.29) is 12.7 Å². The molecular formula is C11H18N4O2. The Hall–Kier alpha value is -1.53. The molecule has 1 unspecified atom stereocenters. The van der Waals surface area contributed by atoms with Gasteiger partial charge < -0.3 is 26.2 Å². The average Bonchev–Trinajstić information content (AvgIpc) is 2.75. The highest BCUT2D eigenvalue weighted by molar-refractivity contribution is 5.65. The van der Waals surface area contributed by atoms with Crippen molar-refractivity contribution in [1.29, 1.82) is 0 Å². The van der Waals surface area contributed by atoms with Crippen LogP contribution in [0.3, 0.4) is 0 Å². The minimum atomic E-state index is -0.275. The normalized spacial score (nSPS) is 19.6. The molecule has 0 radical (unpaired) electrons. The Labute approximate surface area is 100 Å². The molecule has 0 spiro atoms. The zero-order chi connectivity index (χ0) is 12.3. The Kier molecular flexibility index (Phi) is 3.65. The third kappa shape index (κ3) is 2.78. The summed E-state index contributed by atoms with van der Waals surface area (Å²) < 4.78 is 0. The van der Waals surface area contributed by atoms with Gasteiger partial charge in [0.2, 0.25) is 0 Å². The van der Waals surface area contributed by atoms with E-state index in [1.165, 1.54) is 0 Å². The molecule has 5 N–H and O–H groups in total. The lowest BCUT2D eigenvalue weighted by molar-refractivity contribution is 0.198. The van der Waals surface area contributed by atoms with Crippen LogP contribution in [0.25, 0.3) is 0 Å². The van der Waals surface area contributed by atoms with E-state index in [0.29, 0.717) is 24.6 Å². The molecule has 2 rings (SSSR count). The number of β-amino-alcohol motifs (C(OH)–C–C–N with tert-alkyl or cyclic N) is 1. The van der Waals surface area contributed by atoms with Gasteiger partial charge in [0.05, 0.1) is 18.4 Å². The summed E-state index contributed by atoms with van der Waals surface area (Å²) in [7, 11) is 0. The number of aliphatic hydroxyl groups is 2. The highest BCUT2D eigenvalue weighted by Crippen LogP contribution is 2.23. The fourth-order valence-corrected chi connectivity index (χ4v) is 1.90. The summed E-state index contributed by atoms with van der Waals surface area (Å²) >= 11 is 0. The summed E-state index contributed by atoms with van der Waals surface area (Å²) in [5, 5.41) is 21.2. The Bertz CT molecular complexity index is 386. The lowest BCUT2D eigenvalue weighted by Gasteiger charge is -2.18. The molecule has 1 aliphatic rings. The predicted molar refractivity (Wildman–Crippen MR) is 67.1 cm³/mol. The number of nitrogens with one attached hydrogen (secondary N) is 1. The molecule has 0 aromatic carbocycles. The lowest BCUT2D eigenvalue weighted by Crippen LogP contribution is -2.22. The smallest absolute Gasteiger partial charge is 0.151 e. The number of anilines is 3. The number of nitrogens with two attached hydrogens (primary N) is 1. The number of aliphatic hydroxyl groups excluding tert-OH is 2. The molecule has 0 aliphatic carbocycles. The molecule has 6 heteroatoms. The van der Waals surface area contributed by atoms with Crippen molar-refractivity contribution in [2.45, 2.75) is 12.5 Å². The molecule has 1 atom stereocenters. The summed E-state index contributed by atoms with van der Waals surface area (Å²) in [5.41, 5.74) is 6.34. The molecule has 17 heavy (non-hydrogen) atoms. The molecule has 0 amide bonds.